The van der Waals surface area contributed by atoms with Gasteiger partial charge in [-0.2, -0.15) is 5.10 Å². The maximum absolute atomic E-state index is 14.1. The van der Waals surface area contributed by atoms with Gasteiger partial charge in [-0.25, -0.2) is 13.5 Å². The predicted octanol–water partition coefficient (Wildman–Crippen LogP) is 4.31. The number of hydrogen-bond acceptors (Lipinski definition) is 2. The zero-order valence-electron chi connectivity index (χ0n) is 15.7. The second-order valence-electron chi connectivity index (χ2n) is 6.67. The number of hydrogen-bond donors (Lipinski definition) is 1. The molecule has 140 valence electrons. The minimum atomic E-state index is -0.733. The summed E-state index contributed by atoms with van der Waals surface area (Å²) < 4.78 is 28.6. The van der Waals surface area contributed by atoms with E-state index in [1.807, 2.05) is 26.0 Å². The third-order valence-electron chi connectivity index (χ3n) is 4.59. The molecule has 0 atom stereocenters. The molecular formula is C21H21F2N3O. The summed E-state index contributed by atoms with van der Waals surface area (Å²) in [7, 11) is 0. The van der Waals surface area contributed by atoms with Crippen molar-refractivity contribution < 1.29 is 13.6 Å². The molecule has 1 heterocycles. The lowest BCUT2D eigenvalue weighted by molar-refractivity contribution is 0.0949. The first kappa shape index (κ1) is 18.8. The third kappa shape index (κ3) is 3.74. The molecule has 0 saturated heterocycles. The number of rotatable bonds is 4. The molecule has 0 unspecified atom stereocenters. The Kier molecular flexibility index (Phi) is 5.08. The number of carbonyl (C=O) groups excluding carboxylic acids is 1. The van der Waals surface area contributed by atoms with Gasteiger partial charge in [-0.3, -0.25) is 4.79 Å². The monoisotopic (exact) mass is 369 g/mol. The van der Waals surface area contributed by atoms with Crippen molar-refractivity contribution in [1.82, 2.24) is 15.1 Å². The van der Waals surface area contributed by atoms with Crippen LogP contribution < -0.4 is 5.32 Å². The van der Waals surface area contributed by atoms with Gasteiger partial charge < -0.3 is 5.32 Å². The van der Waals surface area contributed by atoms with Gasteiger partial charge in [0, 0.05) is 12.6 Å². The summed E-state index contributed by atoms with van der Waals surface area (Å²) >= 11 is 0. The Labute approximate surface area is 156 Å². The minimum Gasteiger partial charge on any atom is -0.348 e. The molecular weight excluding hydrogens is 348 g/mol. The molecule has 0 fully saturated rings. The van der Waals surface area contributed by atoms with Crippen molar-refractivity contribution in [3.8, 4) is 5.69 Å². The van der Waals surface area contributed by atoms with Crippen molar-refractivity contribution in [2.75, 3.05) is 0 Å². The molecule has 0 radical (unpaired) electrons. The van der Waals surface area contributed by atoms with Crippen LogP contribution in [0.1, 0.15) is 38.4 Å². The van der Waals surface area contributed by atoms with Crippen LogP contribution in [0, 0.1) is 39.3 Å². The molecule has 2 aromatic carbocycles. The standard InChI is InChI=1S/C21H21F2N3O/c1-12-5-6-16(13(2)9-12)11-24-21(27)20-14(3)25-26(15(20)4)19-8-7-17(22)10-18(19)23/h5-10H,11H2,1-4H3,(H,24,27). The zero-order valence-corrected chi connectivity index (χ0v) is 15.7. The van der Waals surface area contributed by atoms with Crippen molar-refractivity contribution in [2.24, 2.45) is 0 Å². The fraction of sp³-hybridized carbons (Fsp3) is 0.238. The molecule has 4 nitrogen and oxygen atoms in total. The molecule has 0 aliphatic rings. The molecule has 1 amide bonds. The van der Waals surface area contributed by atoms with Gasteiger partial charge >= 0.3 is 0 Å². The lowest BCUT2D eigenvalue weighted by Crippen LogP contribution is -2.24. The average molecular weight is 369 g/mol. The molecule has 0 aliphatic carbocycles. The molecule has 6 heteroatoms. The molecule has 0 bridgehead atoms. The normalized spacial score (nSPS) is 10.9. The fourth-order valence-electron chi connectivity index (χ4n) is 3.17. The van der Waals surface area contributed by atoms with E-state index in [1.165, 1.54) is 10.7 Å². The number of aryl methyl sites for hydroxylation is 3. The molecule has 27 heavy (non-hydrogen) atoms. The van der Waals surface area contributed by atoms with Gasteiger partial charge in [-0.1, -0.05) is 23.8 Å². The van der Waals surface area contributed by atoms with E-state index in [0.29, 0.717) is 23.5 Å². The van der Waals surface area contributed by atoms with Gasteiger partial charge in [-0.05, 0) is 51.0 Å². The Morgan fingerprint density at radius 2 is 1.81 bits per heavy atom. The van der Waals surface area contributed by atoms with Crippen LogP contribution in [0.2, 0.25) is 0 Å². The fourth-order valence-corrected chi connectivity index (χ4v) is 3.17. The summed E-state index contributed by atoms with van der Waals surface area (Å²) in [5.41, 5.74) is 4.77. The van der Waals surface area contributed by atoms with Crippen LogP contribution >= 0.6 is 0 Å². The van der Waals surface area contributed by atoms with Gasteiger partial charge in [0.2, 0.25) is 0 Å². The van der Waals surface area contributed by atoms with Crippen molar-refractivity contribution in [3.05, 3.63) is 81.7 Å². The number of amides is 1. The first-order valence-electron chi connectivity index (χ1n) is 8.64. The smallest absolute Gasteiger partial charge is 0.255 e. The number of aromatic nitrogens is 2. The lowest BCUT2D eigenvalue weighted by atomic mass is 10.1. The van der Waals surface area contributed by atoms with Gasteiger partial charge in [-0.15, -0.1) is 0 Å². The largest absolute Gasteiger partial charge is 0.348 e. The van der Waals surface area contributed by atoms with Crippen LogP contribution in [-0.2, 0) is 6.54 Å². The van der Waals surface area contributed by atoms with E-state index in [2.05, 4.69) is 16.5 Å². The van der Waals surface area contributed by atoms with E-state index in [4.69, 9.17) is 0 Å². The van der Waals surface area contributed by atoms with Crippen LogP contribution in [0.3, 0.4) is 0 Å². The van der Waals surface area contributed by atoms with Crippen LogP contribution in [0.15, 0.2) is 36.4 Å². The van der Waals surface area contributed by atoms with Gasteiger partial charge in [0.15, 0.2) is 5.82 Å². The predicted molar refractivity (Wildman–Crippen MR) is 100 cm³/mol. The van der Waals surface area contributed by atoms with Crippen molar-refractivity contribution in [3.63, 3.8) is 0 Å². The second-order valence-corrected chi connectivity index (χ2v) is 6.67. The van der Waals surface area contributed by atoms with Gasteiger partial charge in [0.05, 0.1) is 17.0 Å². The lowest BCUT2D eigenvalue weighted by Gasteiger charge is -2.10. The maximum atomic E-state index is 14.1. The molecule has 0 saturated carbocycles. The van der Waals surface area contributed by atoms with Crippen molar-refractivity contribution in [1.29, 1.82) is 0 Å². The Balaban J connectivity index is 1.86. The van der Waals surface area contributed by atoms with Crippen LogP contribution in [0.25, 0.3) is 5.69 Å². The number of nitrogens with one attached hydrogen (secondary N) is 1. The summed E-state index contributed by atoms with van der Waals surface area (Å²) in [6.45, 7) is 7.79. The molecule has 3 aromatic rings. The Morgan fingerprint density at radius 1 is 1.07 bits per heavy atom. The van der Waals surface area contributed by atoms with E-state index in [0.717, 1.165) is 28.8 Å². The average Bonchev–Trinajstić information content (AvgIpc) is 2.88. The third-order valence-corrected chi connectivity index (χ3v) is 4.59. The van der Waals surface area contributed by atoms with Crippen molar-refractivity contribution >= 4 is 5.91 Å². The van der Waals surface area contributed by atoms with Gasteiger partial charge in [0.25, 0.3) is 5.91 Å². The summed E-state index contributed by atoms with van der Waals surface area (Å²) in [4.78, 5) is 12.7. The summed E-state index contributed by atoms with van der Waals surface area (Å²) in [6.07, 6.45) is 0. The SMILES string of the molecule is Cc1ccc(CNC(=O)c2c(C)nn(-c3ccc(F)cc3F)c2C)c(C)c1. The summed E-state index contributed by atoms with van der Waals surface area (Å²) in [5.74, 6) is -1.68. The zero-order chi connectivity index (χ0) is 19.7. The molecule has 3 rings (SSSR count). The first-order valence-corrected chi connectivity index (χ1v) is 8.64. The van der Waals surface area contributed by atoms with E-state index in [1.54, 1.807) is 13.8 Å². The molecule has 0 spiro atoms. The molecule has 0 aliphatic heterocycles. The highest BCUT2D eigenvalue weighted by Gasteiger charge is 2.21. The summed E-state index contributed by atoms with van der Waals surface area (Å²) in [5, 5.41) is 7.17. The van der Waals surface area contributed by atoms with Gasteiger partial charge in [0.1, 0.15) is 11.5 Å². The van der Waals surface area contributed by atoms with E-state index in [-0.39, 0.29) is 11.6 Å². The maximum Gasteiger partial charge on any atom is 0.255 e. The number of carbonyl (C=O) groups is 1. The Hall–Kier alpha value is -3.02. The molecule has 1 aromatic heterocycles. The number of halogens is 2. The van der Waals surface area contributed by atoms with E-state index in [9.17, 15) is 13.6 Å². The minimum absolute atomic E-state index is 0.102. The Morgan fingerprint density at radius 3 is 2.48 bits per heavy atom. The highest BCUT2D eigenvalue weighted by atomic mass is 19.1. The molecule has 1 N–H and O–H groups in total. The second kappa shape index (κ2) is 7.31. The van der Waals surface area contributed by atoms with Crippen LogP contribution in [-0.4, -0.2) is 15.7 Å². The highest BCUT2D eigenvalue weighted by Crippen LogP contribution is 2.21. The highest BCUT2D eigenvalue weighted by molar-refractivity contribution is 5.96. The van der Waals surface area contributed by atoms with E-state index >= 15 is 0 Å². The topological polar surface area (TPSA) is 46.9 Å². The van der Waals surface area contributed by atoms with Crippen LogP contribution in [0.5, 0.6) is 0 Å². The van der Waals surface area contributed by atoms with E-state index < -0.39 is 11.6 Å². The quantitative estimate of drug-likeness (QED) is 0.745. The Bertz CT molecular complexity index is 1020. The number of nitrogens with zero attached hydrogens (tertiary/aromatic N) is 2. The summed E-state index contributed by atoms with van der Waals surface area (Å²) in [6, 6.07) is 9.32. The first-order chi connectivity index (χ1) is 12.8. The van der Waals surface area contributed by atoms with Crippen molar-refractivity contribution in [2.45, 2.75) is 34.2 Å². The van der Waals surface area contributed by atoms with Crippen LogP contribution in [0.4, 0.5) is 8.78 Å². The number of benzene rings is 2.